The Morgan fingerprint density at radius 3 is 2.17 bits per heavy atom. The summed E-state index contributed by atoms with van der Waals surface area (Å²) in [6.07, 6.45) is 0.850. The van der Waals surface area contributed by atoms with Gasteiger partial charge >= 0.3 is 0 Å². The molecule has 1 aliphatic rings. The Hall–Kier alpha value is -3.78. The summed E-state index contributed by atoms with van der Waals surface area (Å²) in [6.45, 7) is 0. The van der Waals surface area contributed by atoms with Gasteiger partial charge in [-0.25, -0.2) is 0 Å². The number of aromatic hydroxyl groups is 1. The van der Waals surface area contributed by atoms with Gasteiger partial charge in [-0.15, -0.1) is 0 Å². The van der Waals surface area contributed by atoms with E-state index in [0.717, 1.165) is 29.0 Å². The second-order valence-electron chi connectivity index (χ2n) is 7.53. The van der Waals surface area contributed by atoms with Crippen molar-refractivity contribution in [1.82, 2.24) is 0 Å². The van der Waals surface area contributed by atoms with E-state index in [0.29, 0.717) is 0 Å². The van der Waals surface area contributed by atoms with Gasteiger partial charge in [0, 0.05) is 17.5 Å². The number of phenolic OH excluding ortho intramolecular Hbond substituents is 1. The van der Waals surface area contributed by atoms with Crippen molar-refractivity contribution >= 4 is 21.5 Å². The minimum Gasteiger partial charge on any atom is -0.508 e. The van der Waals surface area contributed by atoms with E-state index in [4.69, 9.17) is 4.74 Å². The Morgan fingerprint density at radius 2 is 1.31 bits per heavy atom. The molecular formula is C27H18O2. The molecule has 0 aromatic heterocycles. The molecular weight excluding hydrogens is 356 g/mol. The third-order valence-electron chi connectivity index (χ3n) is 5.88. The first-order valence-electron chi connectivity index (χ1n) is 9.80. The third-order valence-corrected chi connectivity index (χ3v) is 5.88. The van der Waals surface area contributed by atoms with Gasteiger partial charge in [0.25, 0.3) is 0 Å². The number of fused-ring (bicyclic) bond motifs is 6. The van der Waals surface area contributed by atoms with Crippen LogP contribution in [0.25, 0.3) is 32.7 Å². The number of hydrogen-bond donors (Lipinski definition) is 1. The van der Waals surface area contributed by atoms with E-state index in [-0.39, 0.29) is 5.75 Å². The Morgan fingerprint density at radius 1 is 0.586 bits per heavy atom. The Balaban J connectivity index is 1.57. The summed E-state index contributed by atoms with van der Waals surface area (Å²) in [4.78, 5) is 0. The van der Waals surface area contributed by atoms with E-state index in [1.807, 2.05) is 12.1 Å². The first-order chi connectivity index (χ1) is 14.3. The SMILES string of the molecule is Oc1ccc(-c2cccc3c4c(ccc23)Oc2ccc3ccccc3c2C4)cc1. The standard InChI is InChI=1S/C27H18O2/c28-19-11-8-18(9-12-19)20-6-3-7-22-23(20)13-15-27-25(22)16-24-21-5-2-1-4-17(21)10-14-26(24)29-27/h1-15,28H,16H2. The van der Waals surface area contributed by atoms with E-state index in [1.54, 1.807) is 12.1 Å². The van der Waals surface area contributed by atoms with Gasteiger partial charge in [-0.05, 0) is 56.9 Å². The molecule has 2 nitrogen and oxygen atoms in total. The van der Waals surface area contributed by atoms with Crippen LogP contribution in [0.1, 0.15) is 11.1 Å². The molecule has 138 valence electrons. The van der Waals surface area contributed by atoms with Gasteiger partial charge in [0.15, 0.2) is 0 Å². The molecule has 0 fully saturated rings. The summed E-state index contributed by atoms with van der Waals surface area (Å²) in [6, 6.07) is 30.7. The van der Waals surface area contributed by atoms with Crippen molar-refractivity contribution in [3.63, 3.8) is 0 Å². The maximum absolute atomic E-state index is 9.64. The van der Waals surface area contributed by atoms with Gasteiger partial charge in [-0.2, -0.15) is 0 Å². The van der Waals surface area contributed by atoms with Gasteiger partial charge in [0.2, 0.25) is 0 Å². The Bertz CT molecular complexity index is 1400. The topological polar surface area (TPSA) is 29.5 Å². The van der Waals surface area contributed by atoms with Crippen molar-refractivity contribution in [2.75, 3.05) is 0 Å². The van der Waals surface area contributed by atoms with E-state index in [2.05, 4.69) is 66.7 Å². The second-order valence-corrected chi connectivity index (χ2v) is 7.53. The Labute approximate surface area is 168 Å². The highest BCUT2D eigenvalue weighted by Crippen LogP contribution is 2.44. The fraction of sp³-hybridized carbons (Fsp3) is 0.0370. The smallest absolute Gasteiger partial charge is 0.131 e. The van der Waals surface area contributed by atoms with Crippen LogP contribution in [0.5, 0.6) is 17.2 Å². The van der Waals surface area contributed by atoms with Crippen molar-refractivity contribution < 1.29 is 9.84 Å². The predicted molar refractivity (Wildman–Crippen MR) is 118 cm³/mol. The van der Waals surface area contributed by atoms with Crippen LogP contribution in [0.15, 0.2) is 91.0 Å². The van der Waals surface area contributed by atoms with E-state index >= 15 is 0 Å². The predicted octanol–water partition coefficient (Wildman–Crippen LogP) is 7.06. The molecule has 0 unspecified atom stereocenters. The highest BCUT2D eigenvalue weighted by Gasteiger charge is 2.21. The molecule has 5 aromatic rings. The summed E-state index contributed by atoms with van der Waals surface area (Å²) >= 11 is 0. The summed E-state index contributed by atoms with van der Waals surface area (Å²) in [7, 11) is 0. The Kier molecular flexibility index (Phi) is 3.41. The van der Waals surface area contributed by atoms with Crippen molar-refractivity contribution in [3.05, 3.63) is 102 Å². The quantitative estimate of drug-likeness (QED) is 0.334. The van der Waals surface area contributed by atoms with Crippen molar-refractivity contribution in [2.45, 2.75) is 6.42 Å². The summed E-state index contributed by atoms with van der Waals surface area (Å²) < 4.78 is 6.32. The average molecular weight is 374 g/mol. The molecule has 0 atom stereocenters. The molecule has 0 saturated heterocycles. The van der Waals surface area contributed by atoms with Gasteiger partial charge in [0.1, 0.15) is 17.2 Å². The summed E-state index contributed by atoms with van der Waals surface area (Å²) in [5, 5.41) is 14.5. The van der Waals surface area contributed by atoms with Gasteiger partial charge < -0.3 is 9.84 Å². The fourth-order valence-electron chi connectivity index (χ4n) is 4.46. The maximum Gasteiger partial charge on any atom is 0.131 e. The van der Waals surface area contributed by atoms with Crippen molar-refractivity contribution in [2.24, 2.45) is 0 Å². The lowest BCUT2D eigenvalue weighted by molar-refractivity contribution is 0.463. The molecule has 1 N–H and O–H groups in total. The lowest BCUT2D eigenvalue weighted by Gasteiger charge is -2.23. The van der Waals surface area contributed by atoms with Crippen LogP contribution in [0.4, 0.5) is 0 Å². The number of rotatable bonds is 1. The number of phenols is 1. The van der Waals surface area contributed by atoms with Crippen LogP contribution in [0.2, 0.25) is 0 Å². The molecule has 29 heavy (non-hydrogen) atoms. The lowest BCUT2D eigenvalue weighted by Crippen LogP contribution is -2.04. The van der Waals surface area contributed by atoms with Gasteiger partial charge in [-0.3, -0.25) is 0 Å². The zero-order chi connectivity index (χ0) is 19.4. The molecule has 0 saturated carbocycles. The van der Waals surface area contributed by atoms with Crippen LogP contribution in [0, 0.1) is 0 Å². The fourth-order valence-corrected chi connectivity index (χ4v) is 4.46. The van der Waals surface area contributed by atoms with Crippen LogP contribution < -0.4 is 4.74 Å². The minimum absolute atomic E-state index is 0.281. The average Bonchev–Trinajstić information content (AvgIpc) is 2.78. The molecule has 0 spiro atoms. The molecule has 5 aromatic carbocycles. The molecule has 0 bridgehead atoms. The van der Waals surface area contributed by atoms with Crippen molar-refractivity contribution in [1.29, 1.82) is 0 Å². The zero-order valence-electron chi connectivity index (χ0n) is 15.7. The van der Waals surface area contributed by atoms with Gasteiger partial charge in [-0.1, -0.05) is 66.7 Å². The number of ether oxygens (including phenoxy) is 1. The molecule has 1 aliphatic heterocycles. The van der Waals surface area contributed by atoms with Crippen LogP contribution in [-0.4, -0.2) is 5.11 Å². The monoisotopic (exact) mass is 374 g/mol. The van der Waals surface area contributed by atoms with Crippen LogP contribution in [0.3, 0.4) is 0 Å². The molecule has 0 aliphatic carbocycles. The largest absolute Gasteiger partial charge is 0.508 e. The molecule has 1 heterocycles. The molecule has 6 rings (SSSR count). The van der Waals surface area contributed by atoms with E-state index < -0.39 is 0 Å². The van der Waals surface area contributed by atoms with Gasteiger partial charge in [0.05, 0.1) is 0 Å². The van der Waals surface area contributed by atoms with E-state index in [9.17, 15) is 5.11 Å². The minimum atomic E-state index is 0.281. The molecule has 0 radical (unpaired) electrons. The number of benzene rings is 5. The highest BCUT2D eigenvalue weighted by molar-refractivity contribution is 6.00. The first-order valence-corrected chi connectivity index (χ1v) is 9.80. The summed E-state index contributed by atoms with van der Waals surface area (Å²) in [5.41, 5.74) is 4.73. The zero-order valence-corrected chi connectivity index (χ0v) is 15.7. The lowest BCUT2D eigenvalue weighted by atomic mass is 9.89. The second kappa shape index (κ2) is 6.11. The van der Waals surface area contributed by atoms with Crippen molar-refractivity contribution in [3.8, 4) is 28.4 Å². The molecule has 0 amide bonds. The summed E-state index contributed by atoms with van der Waals surface area (Å²) in [5.74, 6) is 2.16. The first kappa shape index (κ1) is 16.2. The van der Waals surface area contributed by atoms with Crippen LogP contribution >= 0.6 is 0 Å². The van der Waals surface area contributed by atoms with E-state index in [1.165, 1.54) is 32.7 Å². The normalized spacial score (nSPS) is 12.4. The maximum atomic E-state index is 9.64. The third kappa shape index (κ3) is 2.50. The highest BCUT2D eigenvalue weighted by atomic mass is 16.5. The van der Waals surface area contributed by atoms with Crippen LogP contribution in [-0.2, 0) is 6.42 Å². The molecule has 2 heteroatoms. The number of hydrogen-bond acceptors (Lipinski definition) is 2.